The molecule has 1 rings (SSSR count). The van der Waals surface area contributed by atoms with E-state index in [4.69, 9.17) is 16.9 Å². The second kappa shape index (κ2) is 3.87. The number of hydrogen-bond donors (Lipinski definition) is 1. The van der Waals surface area contributed by atoms with Gasteiger partial charge >= 0.3 is 0 Å². The first kappa shape index (κ1) is 9.49. The Kier molecular flexibility index (Phi) is 2.83. The van der Waals surface area contributed by atoms with Crippen LogP contribution >= 0.6 is 11.6 Å². The third kappa shape index (κ3) is 1.95. The molecule has 0 spiro atoms. The van der Waals surface area contributed by atoms with Crippen molar-refractivity contribution in [1.29, 1.82) is 5.26 Å². The van der Waals surface area contributed by atoms with Crippen LogP contribution in [0.3, 0.4) is 0 Å². The number of nitriles is 1. The monoisotopic (exact) mass is 198 g/mol. The van der Waals surface area contributed by atoms with Crippen LogP contribution in [-0.4, -0.2) is 5.91 Å². The summed E-state index contributed by atoms with van der Waals surface area (Å²) in [5.41, 5.74) is -0.314. The maximum Gasteiger partial charge on any atom is 0.268 e. The second-order valence-electron chi connectivity index (χ2n) is 2.16. The highest BCUT2D eigenvalue weighted by Gasteiger charge is 2.14. The van der Waals surface area contributed by atoms with Crippen LogP contribution in [0, 0.1) is 17.3 Å². The van der Waals surface area contributed by atoms with Gasteiger partial charge in [0.2, 0.25) is 0 Å². The molecule has 0 atom stereocenters. The van der Waals surface area contributed by atoms with Crippen molar-refractivity contribution in [2.24, 2.45) is 0 Å². The first-order chi connectivity index (χ1) is 6.16. The fraction of sp³-hybridized carbons (Fsp3) is 0. The quantitative estimate of drug-likeness (QED) is 0.552. The third-order valence-corrected chi connectivity index (χ3v) is 1.67. The van der Waals surface area contributed by atoms with Crippen LogP contribution in [0.4, 0.5) is 4.39 Å². The number of rotatable bonds is 1. The average Bonchev–Trinajstić information content (AvgIpc) is 2.04. The number of benzene rings is 1. The highest BCUT2D eigenvalue weighted by atomic mass is 35.5. The van der Waals surface area contributed by atoms with E-state index in [0.29, 0.717) is 0 Å². The topological polar surface area (TPSA) is 52.9 Å². The fourth-order valence-corrected chi connectivity index (χ4v) is 1.08. The van der Waals surface area contributed by atoms with Crippen molar-refractivity contribution in [2.45, 2.75) is 0 Å². The lowest BCUT2D eigenvalue weighted by Crippen LogP contribution is -2.19. The molecule has 13 heavy (non-hydrogen) atoms. The summed E-state index contributed by atoms with van der Waals surface area (Å²) in [4.78, 5) is 11.0. The van der Waals surface area contributed by atoms with E-state index in [1.165, 1.54) is 18.3 Å². The maximum atomic E-state index is 13.0. The number of amides is 1. The zero-order chi connectivity index (χ0) is 9.84. The van der Waals surface area contributed by atoms with E-state index in [1.54, 1.807) is 5.32 Å². The lowest BCUT2D eigenvalue weighted by Gasteiger charge is -2.01. The molecule has 3 nitrogen and oxygen atoms in total. The summed E-state index contributed by atoms with van der Waals surface area (Å²) in [5.74, 6) is -1.59. The molecule has 0 aliphatic rings. The van der Waals surface area contributed by atoms with E-state index in [2.05, 4.69) is 0 Å². The number of nitrogens with one attached hydrogen (secondary N) is 1. The zero-order valence-electron chi connectivity index (χ0n) is 6.34. The molecule has 1 aromatic rings. The molecule has 0 aliphatic carbocycles. The van der Waals surface area contributed by atoms with Gasteiger partial charge in [0, 0.05) is 0 Å². The van der Waals surface area contributed by atoms with Crippen LogP contribution in [-0.2, 0) is 0 Å². The summed E-state index contributed by atoms with van der Waals surface area (Å²) in [6.07, 6.45) is 1.40. The summed E-state index contributed by atoms with van der Waals surface area (Å²) in [6.45, 7) is 0. The van der Waals surface area contributed by atoms with Crippen LogP contribution in [0.2, 0.25) is 5.02 Å². The van der Waals surface area contributed by atoms with Gasteiger partial charge in [-0.2, -0.15) is 5.26 Å². The molecule has 0 unspecified atom stereocenters. The van der Waals surface area contributed by atoms with Crippen molar-refractivity contribution >= 4 is 17.5 Å². The fourth-order valence-electron chi connectivity index (χ4n) is 0.828. The molecule has 66 valence electrons. The maximum absolute atomic E-state index is 13.0. The summed E-state index contributed by atoms with van der Waals surface area (Å²) in [7, 11) is 0. The number of carbonyl (C=O) groups is 1. The van der Waals surface area contributed by atoms with Crippen LogP contribution < -0.4 is 5.32 Å². The van der Waals surface area contributed by atoms with Crippen molar-refractivity contribution in [2.75, 3.05) is 0 Å². The number of hydrogen-bond acceptors (Lipinski definition) is 2. The van der Waals surface area contributed by atoms with Gasteiger partial charge in [-0.05, 0) is 12.1 Å². The zero-order valence-corrected chi connectivity index (χ0v) is 7.10. The van der Waals surface area contributed by atoms with E-state index in [-0.39, 0.29) is 10.6 Å². The van der Waals surface area contributed by atoms with Crippen molar-refractivity contribution in [3.05, 3.63) is 34.6 Å². The normalized spacial score (nSPS) is 9.00. The average molecular weight is 199 g/mol. The molecule has 1 aromatic carbocycles. The van der Waals surface area contributed by atoms with Gasteiger partial charge in [-0.3, -0.25) is 10.1 Å². The standard InChI is InChI=1S/C8H4ClFN2O/c9-5-2-1-3-6(10)7(5)8(13)12-4-11/h1-3H,(H,12,13). The van der Waals surface area contributed by atoms with E-state index in [1.807, 2.05) is 0 Å². The lowest BCUT2D eigenvalue weighted by atomic mass is 10.2. The molecule has 0 fully saturated rings. The van der Waals surface area contributed by atoms with E-state index in [0.717, 1.165) is 6.07 Å². The SMILES string of the molecule is N#CNC(=O)c1c(F)cccc1Cl. The molecule has 0 aliphatic heterocycles. The predicted molar refractivity (Wildman–Crippen MR) is 44.5 cm³/mol. The Hall–Kier alpha value is -1.60. The van der Waals surface area contributed by atoms with Crippen LogP contribution in [0.1, 0.15) is 10.4 Å². The molecule has 1 amide bonds. The Labute approximate surface area is 78.7 Å². The minimum absolute atomic E-state index is 0.0206. The van der Waals surface area contributed by atoms with Crippen molar-refractivity contribution < 1.29 is 9.18 Å². The summed E-state index contributed by atoms with van der Waals surface area (Å²) < 4.78 is 13.0. The van der Waals surface area contributed by atoms with Crippen molar-refractivity contribution in [1.82, 2.24) is 5.32 Å². The molecule has 0 aromatic heterocycles. The molecule has 5 heteroatoms. The Morgan fingerprint density at radius 2 is 2.31 bits per heavy atom. The lowest BCUT2D eigenvalue weighted by molar-refractivity contribution is 0.0969. The summed E-state index contributed by atoms with van der Waals surface area (Å²) in [5, 5.41) is 9.90. The molecule has 0 heterocycles. The Balaban J connectivity index is 3.14. The molecule has 0 radical (unpaired) electrons. The highest BCUT2D eigenvalue weighted by molar-refractivity contribution is 6.33. The van der Waals surface area contributed by atoms with Gasteiger partial charge in [0.05, 0.1) is 10.6 Å². The molecule has 1 N–H and O–H groups in total. The minimum atomic E-state index is -0.842. The summed E-state index contributed by atoms with van der Waals surface area (Å²) in [6, 6.07) is 3.84. The van der Waals surface area contributed by atoms with Crippen molar-refractivity contribution in [3.8, 4) is 6.19 Å². The molecule has 0 saturated carbocycles. The van der Waals surface area contributed by atoms with Crippen LogP contribution in [0.15, 0.2) is 18.2 Å². The van der Waals surface area contributed by atoms with Crippen molar-refractivity contribution in [3.63, 3.8) is 0 Å². The first-order valence-corrected chi connectivity index (χ1v) is 3.68. The first-order valence-electron chi connectivity index (χ1n) is 3.30. The largest absolute Gasteiger partial charge is 0.268 e. The smallest absolute Gasteiger partial charge is 0.268 e. The van der Waals surface area contributed by atoms with Gasteiger partial charge in [0.25, 0.3) is 5.91 Å². The predicted octanol–water partition coefficient (Wildman–Crippen LogP) is 1.69. The third-order valence-electron chi connectivity index (χ3n) is 1.36. The molecular weight excluding hydrogens is 195 g/mol. The van der Waals surface area contributed by atoms with Gasteiger partial charge in [-0.1, -0.05) is 17.7 Å². The Morgan fingerprint density at radius 3 is 2.85 bits per heavy atom. The van der Waals surface area contributed by atoms with Gasteiger partial charge in [0.1, 0.15) is 5.82 Å². The Bertz CT molecular complexity index is 366. The van der Waals surface area contributed by atoms with E-state index >= 15 is 0 Å². The highest BCUT2D eigenvalue weighted by Crippen LogP contribution is 2.18. The van der Waals surface area contributed by atoms with Gasteiger partial charge in [0.15, 0.2) is 6.19 Å². The van der Waals surface area contributed by atoms with Crippen LogP contribution in [0.5, 0.6) is 0 Å². The Morgan fingerprint density at radius 1 is 1.62 bits per heavy atom. The second-order valence-corrected chi connectivity index (χ2v) is 2.57. The van der Waals surface area contributed by atoms with E-state index < -0.39 is 11.7 Å². The van der Waals surface area contributed by atoms with Gasteiger partial charge in [-0.25, -0.2) is 4.39 Å². The number of carbonyl (C=O) groups excluding carboxylic acids is 1. The van der Waals surface area contributed by atoms with Gasteiger partial charge in [-0.15, -0.1) is 0 Å². The molecule has 0 bridgehead atoms. The molecular formula is C8H4ClFN2O. The van der Waals surface area contributed by atoms with E-state index in [9.17, 15) is 9.18 Å². The number of halogens is 2. The number of nitrogens with zero attached hydrogens (tertiary/aromatic N) is 1. The van der Waals surface area contributed by atoms with Gasteiger partial charge < -0.3 is 0 Å². The molecule has 0 saturated heterocycles. The minimum Gasteiger partial charge on any atom is -0.268 e. The summed E-state index contributed by atoms with van der Waals surface area (Å²) >= 11 is 5.55. The van der Waals surface area contributed by atoms with Crippen LogP contribution in [0.25, 0.3) is 0 Å².